The fraction of sp³-hybridized carbons (Fsp3) is 0.348. The Morgan fingerprint density at radius 3 is 2.42 bits per heavy atom. The Morgan fingerprint density at radius 1 is 0.968 bits per heavy atom. The van der Waals surface area contributed by atoms with Crippen molar-refractivity contribution in [3.63, 3.8) is 0 Å². The van der Waals surface area contributed by atoms with Crippen LogP contribution in [0.25, 0.3) is 0 Å². The van der Waals surface area contributed by atoms with E-state index in [1.165, 1.54) is 0 Å². The van der Waals surface area contributed by atoms with E-state index in [0.29, 0.717) is 17.3 Å². The van der Waals surface area contributed by atoms with E-state index in [1.54, 1.807) is 45.0 Å². The zero-order valence-electron chi connectivity index (χ0n) is 18.0. The molecule has 3 amide bonds. The van der Waals surface area contributed by atoms with Gasteiger partial charge in [0.05, 0.1) is 6.42 Å². The van der Waals surface area contributed by atoms with E-state index >= 15 is 0 Å². The molecule has 0 aliphatic rings. The number of alkyl carbamates (subject to hydrolysis) is 1. The molecule has 31 heavy (non-hydrogen) atoms. The summed E-state index contributed by atoms with van der Waals surface area (Å²) in [7, 11) is 0. The van der Waals surface area contributed by atoms with Crippen LogP contribution in [-0.2, 0) is 27.3 Å². The van der Waals surface area contributed by atoms with Gasteiger partial charge in [-0.2, -0.15) is 0 Å². The molecule has 2 aromatic carbocycles. The molecule has 0 saturated heterocycles. The van der Waals surface area contributed by atoms with Gasteiger partial charge in [-0.3, -0.25) is 9.59 Å². The van der Waals surface area contributed by atoms with Crippen LogP contribution >= 0.6 is 11.6 Å². The molecule has 0 saturated carbocycles. The van der Waals surface area contributed by atoms with Gasteiger partial charge < -0.3 is 20.7 Å². The Kier molecular flexibility index (Phi) is 8.88. The molecule has 0 spiro atoms. The Morgan fingerprint density at radius 2 is 1.71 bits per heavy atom. The van der Waals surface area contributed by atoms with Crippen LogP contribution in [0.1, 0.15) is 38.3 Å². The Hall–Kier alpha value is -3.06. The number of ether oxygens (including phenoxy) is 1. The molecule has 0 unspecified atom stereocenters. The summed E-state index contributed by atoms with van der Waals surface area (Å²) in [5.74, 6) is -0.383. The first-order chi connectivity index (χ1) is 14.6. The number of benzene rings is 2. The topological polar surface area (TPSA) is 96.5 Å². The van der Waals surface area contributed by atoms with Crippen molar-refractivity contribution < 1.29 is 19.1 Å². The first-order valence-corrected chi connectivity index (χ1v) is 10.4. The molecule has 166 valence electrons. The summed E-state index contributed by atoms with van der Waals surface area (Å²) in [5.41, 5.74) is 1.63. The van der Waals surface area contributed by atoms with Crippen LogP contribution in [0.5, 0.6) is 0 Å². The second-order valence-electron chi connectivity index (χ2n) is 7.97. The number of halogens is 1. The predicted octanol–water partition coefficient (Wildman–Crippen LogP) is 4.05. The molecule has 3 N–H and O–H groups in total. The maximum atomic E-state index is 12.2. The number of hydrogen-bond acceptors (Lipinski definition) is 4. The van der Waals surface area contributed by atoms with Gasteiger partial charge in [-0.15, -0.1) is 0 Å². The Labute approximate surface area is 187 Å². The van der Waals surface area contributed by atoms with E-state index in [-0.39, 0.29) is 31.2 Å². The monoisotopic (exact) mass is 445 g/mol. The highest BCUT2D eigenvalue weighted by Crippen LogP contribution is 2.15. The second-order valence-corrected chi connectivity index (χ2v) is 8.38. The van der Waals surface area contributed by atoms with Gasteiger partial charge in [-0.25, -0.2) is 4.79 Å². The van der Waals surface area contributed by atoms with Gasteiger partial charge in [0.1, 0.15) is 5.60 Å². The third-order valence-corrected chi connectivity index (χ3v) is 4.40. The minimum atomic E-state index is -0.588. The zero-order valence-corrected chi connectivity index (χ0v) is 18.7. The molecule has 2 aromatic rings. The standard InChI is InChI=1S/C23H28ClN3O4/c1-23(2,3)31-22(30)25-12-11-20(28)27-18-9-6-7-16(13-18)15-26-21(29)14-17-8-4-5-10-19(17)24/h4-10,13H,11-12,14-15H2,1-3H3,(H,25,30)(H,26,29)(H,27,28). The number of amides is 3. The molecular weight excluding hydrogens is 418 g/mol. The smallest absolute Gasteiger partial charge is 0.407 e. The molecule has 2 rings (SSSR count). The van der Waals surface area contributed by atoms with Crippen LogP contribution in [0, 0.1) is 0 Å². The van der Waals surface area contributed by atoms with Gasteiger partial charge in [-0.1, -0.05) is 41.9 Å². The highest BCUT2D eigenvalue weighted by molar-refractivity contribution is 6.31. The molecule has 0 bridgehead atoms. The van der Waals surface area contributed by atoms with Gasteiger partial charge >= 0.3 is 6.09 Å². The number of carbonyl (C=O) groups is 3. The third-order valence-electron chi connectivity index (χ3n) is 4.03. The van der Waals surface area contributed by atoms with Gasteiger partial charge in [0.15, 0.2) is 0 Å². The van der Waals surface area contributed by atoms with Crippen molar-refractivity contribution in [3.8, 4) is 0 Å². The first-order valence-electron chi connectivity index (χ1n) is 9.98. The van der Waals surface area contributed by atoms with Crippen molar-refractivity contribution in [1.29, 1.82) is 0 Å². The van der Waals surface area contributed by atoms with Crippen LogP contribution in [0.2, 0.25) is 5.02 Å². The van der Waals surface area contributed by atoms with Crippen molar-refractivity contribution in [2.45, 2.75) is 45.8 Å². The summed E-state index contributed by atoms with van der Waals surface area (Å²) in [4.78, 5) is 35.9. The number of carbonyl (C=O) groups excluding carboxylic acids is 3. The molecule has 0 aromatic heterocycles. The molecular formula is C23H28ClN3O4. The number of rotatable bonds is 8. The highest BCUT2D eigenvalue weighted by atomic mass is 35.5. The summed E-state index contributed by atoms with van der Waals surface area (Å²) in [5, 5.41) is 8.73. The minimum Gasteiger partial charge on any atom is -0.444 e. The average Bonchev–Trinajstić information content (AvgIpc) is 2.67. The molecule has 0 atom stereocenters. The van der Waals surface area contributed by atoms with Gasteiger partial charge in [-0.05, 0) is 50.1 Å². The zero-order chi connectivity index (χ0) is 22.9. The molecule has 0 radical (unpaired) electrons. The minimum absolute atomic E-state index is 0.109. The predicted molar refractivity (Wildman–Crippen MR) is 121 cm³/mol. The average molecular weight is 446 g/mol. The van der Waals surface area contributed by atoms with Crippen LogP contribution in [-0.4, -0.2) is 30.1 Å². The van der Waals surface area contributed by atoms with E-state index in [1.807, 2.05) is 24.3 Å². The van der Waals surface area contributed by atoms with E-state index < -0.39 is 11.7 Å². The van der Waals surface area contributed by atoms with Crippen LogP contribution in [0.3, 0.4) is 0 Å². The van der Waals surface area contributed by atoms with Crippen molar-refractivity contribution in [3.05, 3.63) is 64.7 Å². The number of nitrogens with one attached hydrogen (secondary N) is 3. The SMILES string of the molecule is CC(C)(C)OC(=O)NCCC(=O)Nc1cccc(CNC(=O)Cc2ccccc2Cl)c1. The maximum absolute atomic E-state index is 12.2. The summed E-state index contributed by atoms with van der Waals surface area (Å²) in [6.45, 7) is 5.80. The Balaban J connectivity index is 1.77. The lowest BCUT2D eigenvalue weighted by Gasteiger charge is -2.19. The van der Waals surface area contributed by atoms with E-state index in [4.69, 9.17) is 16.3 Å². The lowest BCUT2D eigenvalue weighted by Crippen LogP contribution is -2.34. The first kappa shape index (κ1) is 24.2. The van der Waals surface area contributed by atoms with Crippen molar-refractivity contribution in [2.75, 3.05) is 11.9 Å². The lowest BCUT2D eigenvalue weighted by molar-refractivity contribution is -0.120. The van der Waals surface area contributed by atoms with E-state index in [0.717, 1.165) is 11.1 Å². The van der Waals surface area contributed by atoms with E-state index in [9.17, 15) is 14.4 Å². The molecule has 0 heterocycles. The summed E-state index contributed by atoms with van der Waals surface area (Å²) >= 11 is 6.09. The number of anilines is 1. The van der Waals surface area contributed by atoms with Crippen molar-refractivity contribution in [1.82, 2.24) is 10.6 Å². The fourth-order valence-electron chi connectivity index (χ4n) is 2.65. The van der Waals surface area contributed by atoms with E-state index in [2.05, 4.69) is 16.0 Å². The van der Waals surface area contributed by atoms with Crippen LogP contribution in [0.15, 0.2) is 48.5 Å². The second kappa shape index (κ2) is 11.4. The van der Waals surface area contributed by atoms with Crippen LogP contribution < -0.4 is 16.0 Å². The molecule has 0 aliphatic heterocycles. The van der Waals surface area contributed by atoms with Gasteiger partial charge in [0.25, 0.3) is 0 Å². The van der Waals surface area contributed by atoms with Crippen LogP contribution in [0.4, 0.5) is 10.5 Å². The highest BCUT2D eigenvalue weighted by Gasteiger charge is 2.16. The molecule has 0 aliphatic carbocycles. The molecule has 0 fully saturated rings. The third kappa shape index (κ3) is 9.53. The lowest BCUT2D eigenvalue weighted by atomic mass is 10.1. The van der Waals surface area contributed by atoms with Crippen molar-refractivity contribution >= 4 is 35.2 Å². The normalized spacial score (nSPS) is 10.8. The van der Waals surface area contributed by atoms with Gasteiger partial charge in [0.2, 0.25) is 11.8 Å². The fourth-order valence-corrected chi connectivity index (χ4v) is 2.86. The number of hydrogen-bond donors (Lipinski definition) is 3. The summed E-state index contributed by atoms with van der Waals surface area (Å²) in [6, 6.07) is 14.4. The summed E-state index contributed by atoms with van der Waals surface area (Å²) < 4.78 is 5.12. The maximum Gasteiger partial charge on any atom is 0.407 e. The van der Waals surface area contributed by atoms with Gasteiger partial charge in [0, 0.05) is 30.2 Å². The molecule has 8 heteroatoms. The molecule has 7 nitrogen and oxygen atoms in total. The summed E-state index contributed by atoms with van der Waals surface area (Å²) in [6.07, 6.45) is -0.256. The Bertz CT molecular complexity index is 925. The quantitative estimate of drug-likeness (QED) is 0.571. The largest absolute Gasteiger partial charge is 0.444 e. The van der Waals surface area contributed by atoms with Crippen molar-refractivity contribution in [2.24, 2.45) is 0 Å².